The first-order valence-electron chi connectivity index (χ1n) is 4.39. The quantitative estimate of drug-likeness (QED) is 0.687. The molecule has 0 radical (unpaired) electrons. The summed E-state index contributed by atoms with van der Waals surface area (Å²) in [6, 6.07) is 0. The summed E-state index contributed by atoms with van der Waals surface area (Å²) < 4.78 is 0. The molecular formula is C9H20N2O. The summed E-state index contributed by atoms with van der Waals surface area (Å²) in [6.07, 6.45) is 1.30. The van der Waals surface area contributed by atoms with Crippen LogP contribution in [0, 0.1) is 0 Å². The second-order valence-corrected chi connectivity index (χ2v) is 3.90. The molecule has 0 unspecified atom stereocenters. The monoisotopic (exact) mass is 172 g/mol. The molecule has 0 aromatic carbocycles. The summed E-state index contributed by atoms with van der Waals surface area (Å²) in [7, 11) is 1.81. The van der Waals surface area contributed by atoms with Crippen molar-refractivity contribution in [2.45, 2.75) is 39.2 Å². The van der Waals surface area contributed by atoms with Crippen LogP contribution in [-0.4, -0.2) is 29.9 Å². The lowest BCUT2D eigenvalue weighted by Crippen LogP contribution is -2.35. The van der Waals surface area contributed by atoms with Crippen LogP contribution in [0.3, 0.4) is 0 Å². The van der Waals surface area contributed by atoms with Crippen molar-refractivity contribution in [3.63, 3.8) is 0 Å². The lowest BCUT2D eigenvalue weighted by Gasteiger charge is -2.20. The number of carbonyl (C=O) groups excluding carboxylic acids is 1. The van der Waals surface area contributed by atoms with Crippen molar-refractivity contribution < 1.29 is 4.79 Å². The lowest BCUT2D eigenvalue weighted by molar-refractivity contribution is -0.130. The standard InChI is InChI=1S/C9H20N2O/c1-5-11(4)8(12)6-7-9(2,3)10/h5-7,10H2,1-4H3. The third-order valence-corrected chi connectivity index (χ3v) is 1.88. The van der Waals surface area contributed by atoms with Gasteiger partial charge in [-0.2, -0.15) is 0 Å². The summed E-state index contributed by atoms with van der Waals surface area (Å²) in [4.78, 5) is 13.0. The van der Waals surface area contributed by atoms with Crippen molar-refractivity contribution in [3.8, 4) is 0 Å². The van der Waals surface area contributed by atoms with E-state index in [1.54, 1.807) is 4.90 Å². The molecule has 0 saturated heterocycles. The molecule has 0 atom stereocenters. The minimum Gasteiger partial charge on any atom is -0.346 e. The Morgan fingerprint density at radius 2 is 2.00 bits per heavy atom. The maximum atomic E-state index is 11.3. The van der Waals surface area contributed by atoms with Crippen LogP contribution in [0.15, 0.2) is 0 Å². The van der Waals surface area contributed by atoms with E-state index in [2.05, 4.69) is 0 Å². The first-order valence-corrected chi connectivity index (χ1v) is 4.39. The summed E-state index contributed by atoms with van der Waals surface area (Å²) in [5.74, 6) is 0.177. The second-order valence-electron chi connectivity index (χ2n) is 3.90. The zero-order valence-electron chi connectivity index (χ0n) is 8.55. The number of amides is 1. The molecule has 0 aromatic rings. The maximum absolute atomic E-state index is 11.3. The molecule has 0 bridgehead atoms. The van der Waals surface area contributed by atoms with Crippen molar-refractivity contribution in [2.75, 3.05) is 13.6 Å². The summed E-state index contributed by atoms with van der Waals surface area (Å²) in [5, 5.41) is 0. The molecule has 0 heterocycles. The van der Waals surface area contributed by atoms with Gasteiger partial charge in [0.2, 0.25) is 5.91 Å². The maximum Gasteiger partial charge on any atom is 0.222 e. The van der Waals surface area contributed by atoms with Crippen LogP contribution in [0.25, 0.3) is 0 Å². The van der Waals surface area contributed by atoms with Crippen LogP contribution in [0.4, 0.5) is 0 Å². The van der Waals surface area contributed by atoms with Crippen molar-refractivity contribution in [1.29, 1.82) is 0 Å². The van der Waals surface area contributed by atoms with Gasteiger partial charge in [0.05, 0.1) is 0 Å². The Morgan fingerprint density at radius 1 is 1.50 bits per heavy atom. The van der Waals surface area contributed by atoms with E-state index in [1.807, 2.05) is 27.8 Å². The summed E-state index contributed by atoms with van der Waals surface area (Å²) in [5.41, 5.74) is 5.52. The molecule has 0 saturated carbocycles. The van der Waals surface area contributed by atoms with Crippen molar-refractivity contribution in [1.82, 2.24) is 4.90 Å². The van der Waals surface area contributed by atoms with Gasteiger partial charge in [-0.1, -0.05) is 0 Å². The SMILES string of the molecule is CCN(C)C(=O)CCC(C)(C)N. The van der Waals surface area contributed by atoms with E-state index in [4.69, 9.17) is 5.73 Å². The van der Waals surface area contributed by atoms with Crippen molar-refractivity contribution in [2.24, 2.45) is 5.73 Å². The molecule has 0 aliphatic rings. The largest absolute Gasteiger partial charge is 0.346 e. The second kappa shape index (κ2) is 4.45. The Morgan fingerprint density at radius 3 is 2.33 bits per heavy atom. The molecule has 0 aromatic heterocycles. The third-order valence-electron chi connectivity index (χ3n) is 1.88. The van der Waals surface area contributed by atoms with E-state index >= 15 is 0 Å². The van der Waals surface area contributed by atoms with Crippen LogP contribution in [0.5, 0.6) is 0 Å². The number of carbonyl (C=O) groups is 1. The number of rotatable bonds is 4. The molecule has 2 N–H and O–H groups in total. The zero-order chi connectivity index (χ0) is 9.78. The van der Waals surface area contributed by atoms with Crippen LogP contribution in [-0.2, 0) is 4.79 Å². The van der Waals surface area contributed by atoms with Gasteiger partial charge in [0, 0.05) is 25.6 Å². The minimum atomic E-state index is -0.232. The number of nitrogens with two attached hydrogens (primary N) is 1. The summed E-state index contributed by atoms with van der Waals surface area (Å²) in [6.45, 7) is 6.60. The molecule has 0 fully saturated rings. The Bertz CT molecular complexity index is 149. The highest BCUT2D eigenvalue weighted by atomic mass is 16.2. The highest BCUT2D eigenvalue weighted by molar-refractivity contribution is 5.75. The highest BCUT2D eigenvalue weighted by Crippen LogP contribution is 2.07. The molecular weight excluding hydrogens is 152 g/mol. The third kappa shape index (κ3) is 5.13. The molecule has 1 amide bonds. The van der Waals surface area contributed by atoms with Gasteiger partial charge in [-0.15, -0.1) is 0 Å². The molecule has 3 nitrogen and oxygen atoms in total. The van der Waals surface area contributed by atoms with Gasteiger partial charge in [0.15, 0.2) is 0 Å². The Kier molecular flexibility index (Phi) is 4.24. The van der Waals surface area contributed by atoms with Gasteiger partial charge in [0.1, 0.15) is 0 Å². The summed E-state index contributed by atoms with van der Waals surface area (Å²) >= 11 is 0. The fraction of sp³-hybridized carbons (Fsp3) is 0.889. The van der Waals surface area contributed by atoms with Crippen molar-refractivity contribution >= 4 is 5.91 Å². The van der Waals surface area contributed by atoms with E-state index in [9.17, 15) is 4.79 Å². The lowest BCUT2D eigenvalue weighted by atomic mass is 10.00. The van der Waals surface area contributed by atoms with Crippen molar-refractivity contribution in [3.05, 3.63) is 0 Å². The van der Waals surface area contributed by atoms with E-state index in [0.29, 0.717) is 6.42 Å². The van der Waals surface area contributed by atoms with Crippen LogP contribution < -0.4 is 5.73 Å². The topological polar surface area (TPSA) is 46.3 Å². The van der Waals surface area contributed by atoms with E-state index < -0.39 is 0 Å². The fourth-order valence-corrected chi connectivity index (χ4v) is 0.796. The van der Waals surface area contributed by atoms with Gasteiger partial charge in [-0.3, -0.25) is 4.79 Å². The highest BCUT2D eigenvalue weighted by Gasteiger charge is 2.14. The molecule has 0 spiro atoms. The zero-order valence-corrected chi connectivity index (χ0v) is 8.55. The molecule has 0 aliphatic heterocycles. The molecule has 0 rings (SSSR count). The van der Waals surface area contributed by atoms with Gasteiger partial charge in [0.25, 0.3) is 0 Å². The number of nitrogens with zero attached hydrogens (tertiary/aromatic N) is 1. The van der Waals surface area contributed by atoms with Gasteiger partial charge < -0.3 is 10.6 Å². The Hall–Kier alpha value is -0.570. The van der Waals surface area contributed by atoms with Gasteiger partial charge >= 0.3 is 0 Å². The van der Waals surface area contributed by atoms with E-state index in [1.165, 1.54) is 0 Å². The first-order chi connectivity index (χ1) is 5.37. The van der Waals surface area contributed by atoms with Crippen LogP contribution in [0.1, 0.15) is 33.6 Å². The molecule has 0 aliphatic carbocycles. The molecule has 12 heavy (non-hydrogen) atoms. The average Bonchev–Trinajstić information content (AvgIpc) is 1.97. The first kappa shape index (κ1) is 11.4. The van der Waals surface area contributed by atoms with Gasteiger partial charge in [-0.05, 0) is 27.2 Å². The van der Waals surface area contributed by atoms with E-state index in [-0.39, 0.29) is 11.4 Å². The predicted octanol–water partition coefficient (Wildman–Crippen LogP) is 0.982. The molecule has 3 heteroatoms. The van der Waals surface area contributed by atoms with Crippen LogP contribution in [0.2, 0.25) is 0 Å². The Balaban J connectivity index is 3.72. The Labute approximate surface area is 74.9 Å². The number of hydrogen-bond acceptors (Lipinski definition) is 2. The fourth-order valence-electron chi connectivity index (χ4n) is 0.796. The number of hydrogen-bond donors (Lipinski definition) is 1. The molecule has 72 valence electrons. The smallest absolute Gasteiger partial charge is 0.222 e. The minimum absolute atomic E-state index is 0.177. The average molecular weight is 172 g/mol. The van der Waals surface area contributed by atoms with Crippen LogP contribution >= 0.6 is 0 Å². The van der Waals surface area contributed by atoms with E-state index in [0.717, 1.165) is 13.0 Å². The normalized spacial score (nSPS) is 11.4. The predicted molar refractivity (Wildman–Crippen MR) is 50.8 cm³/mol. The van der Waals surface area contributed by atoms with Gasteiger partial charge in [-0.25, -0.2) is 0 Å².